The summed E-state index contributed by atoms with van der Waals surface area (Å²) in [6.45, 7) is 7.56. The Balaban J connectivity index is 1.74. The second-order valence-corrected chi connectivity index (χ2v) is 7.15. The lowest BCUT2D eigenvalue weighted by Gasteiger charge is -2.36. The van der Waals surface area contributed by atoms with Crippen LogP contribution in [-0.4, -0.2) is 60.9 Å². The van der Waals surface area contributed by atoms with Gasteiger partial charge in [0.15, 0.2) is 5.78 Å². The van der Waals surface area contributed by atoms with E-state index >= 15 is 0 Å². The molecule has 1 aromatic rings. The van der Waals surface area contributed by atoms with Crippen LogP contribution >= 0.6 is 11.8 Å². The van der Waals surface area contributed by atoms with Gasteiger partial charge < -0.3 is 15.1 Å². The first-order chi connectivity index (χ1) is 11.6. The van der Waals surface area contributed by atoms with Crippen molar-refractivity contribution >= 4 is 29.3 Å². The lowest BCUT2D eigenvalue weighted by Crippen LogP contribution is -2.52. The number of nitrogens with zero attached hydrogens (tertiary/aromatic N) is 2. The summed E-state index contributed by atoms with van der Waals surface area (Å²) in [5, 5.41) is 3.00. The molecule has 2 rings (SSSR count). The van der Waals surface area contributed by atoms with Crippen molar-refractivity contribution in [2.24, 2.45) is 0 Å². The number of piperazine rings is 1. The maximum absolute atomic E-state index is 12.1. The van der Waals surface area contributed by atoms with Crippen molar-refractivity contribution in [3.05, 3.63) is 29.8 Å². The SMILES string of the molecule is CCCSCCNC(=O)N1CCN(c2ccc(C(C)=O)cc2)CC1. The highest BCUT2D eigenvalue weighted by molar-refractivity contribution is 7.99. The van der Waals surface area contributed by atoms with Gasteiger partial charge in [0.1, 0.15) is 0 Å². The third-order valence-corrected chi connectivity index (χ3v) is 5.27. The van der Waals surface area contributed by atoms with E-state index in [1.54, 1.807) is 6.92 Å². The molecule has 0 atom stereocenters. The molecule has 0 aliphatic carbocycles. The van der Waals surface area contributed by atoms with Crippen LogP contribution in [0.5, 0.6) is 0 Å². The Hall–Kier alpha value is -1.69. The number of rotatable bonds is 7. The quantitative estimate of drug-likeness (QED) is 0.607. The number of urea groups is 1. The summed E-state index contributed by atoms with van der Waals surface area (Å²) in [4.78, 5) is 27.6. The van der Waals surface area contributed by atoms with Crippen molar-refractivity contribution in [1.29, 1.82) is 0 Å². The zero-order valence-corrected chi connectivity index (χ0v) is 15.4. The predicted molar refractivity (Wildman–Crippen MR) is 101 cm³/mol. The molecule has 1 fully saturated rings. The van der Waals surface area contributed by atoms with Crippen LogP contribution in [0.3, 0.4) is 0 Å². The molecule has 1 aliphatic heterocycles. The number of hydrogen-bond acceptors (Lipinski definition) is 4. The number of ketones is 1. The van der Waals surface area contributed by atoms with Gasteiger partial charge in [0.05, 0.1) is 0 Å². The molecule has 0 spiro atoms. The lowest BCUT2D eigenvalue weighted by atomic mass is 10.1. The summed E-state index contributed by atoms with van der Waals surface area (Å²) in [6.07, 6.45) is 1.17. The van der Waals surface area contributed by atoms with Crippen LogP contribution < -0.4 is 10.2 Å². The molecule has 132 valence electrons. The summed E-state index contributed by atoms with van der Waals surface area (Å²) in [6, 6.07) is 7.74. The van der Waals surface area contributed by atoms with Gasteiger partial charge in [-0.05, 0) is 43.4 Å². The number of anilines is 1. The van der Waals surface area contributed by atoms with E-state index in [-0.39, 0.29) is 11.8 Å². The van der Waals surface area contributed by atoms with E-state index in [4.69, 9.17) is 0 Å². The van der Waals surface area contributed by atoms with Gasteiger partial charge in [0.2, 0.25) is 0 Å². The second kappa shape index (κ2) is 9.57. The van der Waals surface area contributed by atoms with E-state index in [0.29, 0.717) is 0 Å². The average molecular weight is 350 g/mol. The van der Waals surface area contributed by atoms with Crippen LogP contribution in [0.25, 0.3) is 0 Å². The van der Waals surface area contributed by atoms with Gasteiger partial charge >= 0.3 is 6.03 Å². The molecule has 1 heterocycles. The van der Waals surface area contributed by atoms with Crippen LogP contribution in [0.2, 0.25) is 0 Å². The first-order valence-corrected chi connectivity index (χ1v) is 9.73. The lowest BCUT2D eigenvalue weighted by molar-refractivity contribution is 0.101. The van der Waals surface area contributed by atoms with Crippen LogP contribution in [0.1, 0.15) is 30.6 Å². The first-order valence-electron chi connectivity index (χ1n) is 8.58. The van der Waals surface area contributed by atoms with Crippen molar-refractivity contribution in [1.82, 2.24) is 10.2 Å². The summed E-state index contributed by atoms with van der Waals surface area (Å²) in [5.74, 6) is 2.21. The van der Waals surface area contributed by atoms with Gasteiger partial charge in [-0.3, -0.25) is 4.79 Å². The molecule has 0 radical (unpaired) electrons. The van der Waals surface area contributed by atoms with Gasteiger partial charge in [-0.2, -0.15) is 11.8 Å². The molecule has 1 aromatic carbocycles. The molecule has 2 amide bonds. The van der Waals surface area contributed by atoms with E-state index in [9.17, 15) is 9.59 Å². The Bertz CT molecular complexity index is 540. The van der Waals surface area contributed by atoms with Crippen LogP contribution in [0.15, 0.2) is 24.3 Å². The standard InChI is InChI=1S/C18H27N3O2S/c1-3-13-24-14-8-19-18(23)21-11-9-20(10-12-21)17-6-4-16(5-7-17)15(2)22/h4-7H,3,8-14H2,1-2H3,(H,19,23). The zero-order chi connectivity index (χ0) is 17.4. The summed E-state index contributed by atoms with van der Waals surface area (Å²) < 4.78 is 0. The molecule has 0 aromatic heterocycles. The minimum absolute atomic E-state index is 0.0404. The van der Waals surface area contributed by atoms with E-state index in [0.717, 1.165) is 55.5 Å². The highest BCUT2D eigenvalue weighted by Crippen LogP contribution is 2.17. The Morgan fingerprint density at radius 1 is 1.08 bits per heavy atom. The molecule has 0 bridgehead atoms. The number of carbonyl (C=O) groups excluding carboxylic acids is 2. The van der Waals surface area contributed by atoms with Gasteiger partial charge in [0, 0.05) is 49.7 Å². The summed E-state index contributed by atoms with van der Waals surface area (Å²) >= 11 is 1.88. The highest BCUT2D eigenvalue weighted by Gasteiger charge is 2.21. The molecule has 0 saturated carbocycles. The molecule has 1 aliphatic rings. The maximum atomic E-state index is 12.1. The minimum atomic E-state index is 0.0404. The fourth-order valence-electron chi connectivity index (χ4n) is 2.66. The third kappa shape index (κ3) is 5.44. The number of hydrogen-bond donors (Lipinski definition) is 1. The normalized spacial score (nSPS) is 14.6. The summed E-state index contributed by atoms with van der Waals surface area (Å²) in [7, 11) is 0. The van der Waals surface area contributed by atoms with Gasteiger partial charge in [-0.25, -0.2) is 4.79 Å². The highest BCUT2D eigenvalue weighted by atomic mass is 32.2. The molecular weight excluding hydrogens is 322 g/mol. The Morgan fingerprint density at radius 2 is 1.75 bits per heavy atom. The predicted octanol–water partition coefficient (Wildman–Crippen LogP) is 2.86. The number of carbonyl (C=O) groups is 2. The van der Waals surface area contributed by atoms with Crippen molar-refractivity contribution < 1.29 is 9.59 Å². The number of thioether (sulfide) groups is 1. The topological polar surface area (TPSA) is 52.7 Å². The van der Waals surface area contributed by atoms with Gasteiger partial charge in [-0.15, -0.1) is 0 Å². The van der Waals surface area contributed by atoms with Gasteiger partial charge in [0.25, 0.3) is 0 Å². The number of Topliss-reactive ketones (excluding diaryl/α,β-unsaturated/α-hetero) is 1. The smallest absolute Gasteiger partial charge is 0.317 e. The van der Waals surface area contributed by atoms with E-state index < -0.39 is 0 Å². The number of amides is 2. The first kappa shape index (κ1) is 18.6. The molecular formula is C18H27N3O2S. The third-order valence-electron chi connectivity index (χ3n) is 4.08. The number of benzene rings is 1. The van der Waals surface area contributed by atoms with Crippen molar-refractivity contribution in [2.75, 3.05) is 49.1 Å². The minimum Gasteiger partial charge on any atom is -0.368 e. The Labute approximate surface area is 148 Å². The van der Waals surface area contributed by atoms with E-state index in [1.165, 1.54) is 6.42 Å². The molecule has 1 saturated heterocycles. The Kier molecular flexibility index (Phi) is 7.43. The fourth-order valence-corrected chi connectivity index (χ4v) is 3.40. The molecule has 1 N–H and O–H groups in total. The van der Waals surface area contributed by atoms with E-state index in [1.807, 2.05) is 40.9 Å². The van der Waals surface area contributed by atoms with E-state index in [2.05, 4.69) is 17.1 Å². The average Bonchev–Trinajstić information content (AvgIpc) is 2.61. The monoisotopic (exact) mass is 349 g/mol. The zero-order valence-electron chi connectivity index (χ0n) is 14.6. The molecule has 0 unspecified atom stereocenters. The van der Waals surface area contributed by atoms with Crippen LogP contribution in [-0.2, 0) is 0 Å². The van der Waals surface area contributed by atoms with Gasteiger partial charge in [-0.1, -0.05) is 6.92 Å². The molecule has 5 nitrogen and oxygen atoms in total. The largest absolute Gasteiger partial charge is 0.368 e. The molecule has 6 heteroatoms. The maximum Gasteiger partial charge on any atom is 0.317 e. The second-order valence-electron chi connectivity index (χ2n) is 5.92. The van der Waals surface area contributed by atoms with Crippen molar-refractivity contribution in [3.8, 4) is 0 Å². The van der Waals surface area contributed by atoms with Crippen LogP contribution in [0.4, 0.5) is 10.5 Å². The molecule has 24 heavy (non-hydrogen) atoms. The Morgan fingerprint density at radius 3 is 2.33 bits per heavy atom. The fraction of sp³-hybridized carbons (Fsp3) is 0.556. The number of nitrogens with one attached hydrogen (secondary N) is 1. The van der Waals surface area contributed by atoms with Crippen molar-refractivity contribution in [3.63, 3.8) is 0 Å². The summed E-state index contributed by atoms with van der Waals surface area (Å²) in [5.41, 5.74) is 1.84. The van der Waals surface area contributed by atoms with Crippen molar-refractivity contribution in [2.45, 2.75) is 20.3 Å². The van der Waals surface area contributed by atoms with Crippen LogP contribution in [0, 0.1) is 0 Å².